The third-order valence-corrected chi connectivity index (χ3v) is 5.26. The van der Waals surface area contributed by atoms with Crippen LogP contribution in [-0.4, -0.2) is 39.4 Å². The zero-order valence-corrected chi connectivity index (χ0v) is 16.8. The van der Waals surface area contributed by atoms with Crippen molar-refractivity contribution in [2.75, 3.05) is 18.4 Å². The zero-order valence-electron chi connectivity index (χ0n) is 16.0. The van der Waals surface area contributed by atoms with Crippen LogP contribution < -0.4 is 5.32 Å². The fourth-order valence-electron chi connectivity index (χ4n) is 3.46. The summed E-state index contributed by atoms with van der Waals surface area (Å²) >= 11 is 6.05. The quantitative estimate of drug-likeness (QED) is 0.844. The smallest absolute Gasteiger partial charge is 0.291 e. The van der Waals surface area contributed by atoms with Gasteiger partial charge in [-0.3, -0.25) is 9.59 Å². The molecule has 1 N–H and O–H groups in total. The topological polar surface area (TPSA) is 67.2 Å². The second-order valence-corrected chi connectivity index (χ2v) is 7.17. The van der Waals surface area contributed by atoms with Crippen molar-refractivity contribution >= 4 is 29.1 Å². The predicted octanol–water partition coefficient (Wildman–Crippen LogP) is 3.92. The number of aromatic nitrogens is 2. The molecule has 27 heavy (non-hydrogen) atoms. The summed E-state index contributed by atoms with van der Waals surface area (Å²) in [6.07, 6.45) is 2.73. The van der Waals surface area contributed by atoms with E-state index in [2.05, 4.69) is 10.3 Å². The summed E-state index contributed by atoms with van der Waals surface area (Å²) in [6.45, 7) is 7.72. The first-order valence-corrected chi connectivity index (χ1v) is 9.80. The molecule has 3 rings (SSSR count). The first kappa shape index (κ1) is 19.4. The number of hydrogen-bond donors (Lipinski definition) is 1. The molecule has 1 aliphatic rings. The fraction of sp³-hybridized carbons (Fsp3) is 0.450. The van der Waals surface area contributed by atoms with Crippen molar-refractivity contribution in [3.63, 3.8) is 0 Å². The lowest BCUT2D eigenvalue weighted by molar-refractivity contribution is 0.0766. The molecule has 0 radical (unpaired) electrons. The van der Waals surface area contributed by atoms with Gasteiger partial charge in [-0.25, -0.2) is 4.98 Å². The van der Waals surface area contributed by atoms with Crippen LogP contribution in [0.5, 0.6) is 0 Å². The van der Waals surface area contributed by atoms with Crippen molar-refractivity contribution in [3.05, 3.63) is 46.0 Å². The van der Waals surface area contributed by atoms with E-state index < -0.39 is 0 Å². The second kappa shape index (κ2) is 8.13. The minimum absolute atomic E-state index is 0.108. The normalized spacial score (nSPS) is 13.2. The number of amides is 2. The second-order valence-electron chi connectivity index (χ2n) is 6.73. The number of hydrogen-bond acceptors (Lipinski definition) is 3. The molecule has 6 nitrogen and oxygen atoms in total. The minimum atomic E-state index is -0.317. The summed E-state index contributed by atoms with van der Waals surface area (Å²) in [7, 11) is 0. The van der Waals surface area contributed by atoms with Gasteiger partial charge in [-0.05, 0) is 57.7 Å². The number of nitrogens with one attached hydrogen (secondary N) is 1. The van der Waals surface area contributed by atoms with Gasteiger partial charge < -0.3 is 14.8 Å². The highest BCUT2D eigenvalue weighted by Crippen LogP contribution is 2.25. The third-order valence-electron chi connectivity index (χ3n) is 5.02. The molecule has 1 aromatic heterocycles. The standard InChI is InChI=1S/C20H25ClN4O2/c1-4-24(5-2)20(27)17-16-8-6-7-11-25(16)18(23-17)19(26)22-15-12-14(21)10-9-13(15)3/h9-10,12H,4-8,11H2,1-3H3,(H,22,26). The highest BCUT2D eigenvalue weighted by Gasteiger charge is 2.29. The predicted molar refractivity (Wildman–Crippen MR) is 107 cm³/mol. The van der Waals surface area contributed by atoms with E-state index in [-0.39, 0.29) is 11.8 Å². The van der Waals surface area contributed by atoms with Crippen molar-refractivity contribution in [1.82, 2.24) is 14.5 Å². The van der Waals surface area contributed by atoms with Gasteiger partial charge in [0.15, 0.2) is 5.82 Å². The summed E-state index contributed by atoms with van der Waals surface area (Å²) in [5, 5.41) is 3.45. The molecule has 2 amide bonds. The van der Waals surface area contributed by atoms with E-state index in [0.717, 1.165) is 30.5 Å². The highest BCUT2D eigenvalue weighted by molar-refractivity contribution is 6.31. The van der Waals surface area contributed by atoms with E-state index in [9.17, 15) is 9.59 Å². The molecule has 0 unspecified atom stereocenters. The molecule has 0 saturated carbocycles. The number of rotatable bonds is 5. The number of imidazole rings is 1. The van der Waals surface area contributed by atoms with Gasteiger partial charge in [-0.2, -0.15) is 0 Å². The van der Waals surface area contributed by atoms with Gasteiger partial charge in [0.25, 0.3) is 11.8 Å². The molecule has 0 atom stereocenters. The monoisotopic (exact) mass is 388 g/mol. The molecular weight excluding hydrogens is 364 g/mol. The van der Waals surface area contributed by atoms with E-state index in [1.54, 1.807) is 17.0 Å². The molecule has 0 saturated heterocycles. The van der Waals surface area contributed by atoms with Crippen LogP contribution in [0.15, 0.2) is 18.2 Å². The van der Waals surface area contributed by atoms with Crippen LogP contribution in [0.1, 0.15) is 59.1 Å². The molecule has 2 aromatic rings. The number of halogens is 1. The largest absolute Gasteiger partial charge is 0.338 e. The van der Waals surface area contributed by atoms with E-state index in [1.165, 1.54) is 0 Å². The molecule has 1 aromatic carbocycles. The Labute approximate surface area is 164 Å². The van der Waals surface area contributed by atoms with E-state index in [4.69, 9.17) is 11.6 Å². The van der Waals surface area contributed by atoms with Crippen molar-refractivity contribution in [2.45, 2.75) is 46.6 Å². The SMILES string of the molecule is CCN(CC)C(=O)c1nc(C(=O)Nc2cc(Cl)ccc2C)n2c1CCCC2. The van der Waals surface area contributed by atoms with Crippen LogP contribution >= 0.6 is 11.6 Å². The Balaban J connectivity index is 1.97. The molecule has 2 heterocycles. The van der Waals surface area contributed by atoms with Gasteiger partial charge in [0.05, 0.1) is 5.69 Å². The van der Waals surface area contributed by atoms with Gasteiger partial charge in [0.1, 0.15) is 5.69 Å². The Kier molecular flexibility index (Phi) is 5.85. The molecular formula is C20H25ClN4O2. The lowest BCUT2D eigenvalue weighted by Gasteiger charge is -2.20. The zero-order chi connectivity index (χ0) is 19.6. The van der Waals surface area contributed by atoms with E-state index >= 15 is 0 Å². The summed E-state index contributed by atoms with van der Waals surface area (Å²) < 4.78 is 1.90. The molecule has 1 aliphatic heterocycles. The Hall–Kier alpha value is -2.34. The Morgan fingerprint density at radius 3 is 2.70 bits per heavy atom. The van der Waals surface area contributed by atoms with Crippen LogP contribution in [0.25, 0.3) is 0 Å². The molecule has 0 bridgehead atoms. The number of fused-ring (bicyclic) bond motifs is 1. The number of carbonyl (C=O) groups is 2. The maximum absolute atomic E-state index is 12.9. The number of nitrogens with zero attached hydrogens (tertiary/aromatic N) is 3. The summed E-state index contributed by atoms with van der Waals surface area (Å²) in [5.41, 5.74) is 2.84. The van der Waals surface area contributed by atoms with Gasteiger partial charge in [-0.15, -0.1) is 0 Å². The maximum Gasteiger partial charge on any atom is 0.291 e. The first-order valence-electron chi connectivity index (χ1n) is 9.42. The highest BCUT2D eigenvalue weighted by atomic mass is 35.5. The lowest BCUT2D eigenvalue weighted by Crippen LogP contribution is -2.31. The molecule has 7 heteroatoms. The van der Waals surface area contributed by atoms with Crippen LogP contribution in [-0.2, 0) is 13.0 Å². The van der Waals surface area contributed by atoms with E-state index in [0.29, 0.717) is 41.9 Å². The van der Waals surface area contributed by atoms with Crippen LogP contribution in [0.4, 0.5) is 5.69 Å². The number of benzene rings is 1. The maximum atomic E-state index is 12.9. The average molecular weight is 389 g/mol. The summed E-state index contributed by atoms with van der Waals surface area (Å²) in [6, 6.07) is 5.36. The summed E-state index contributed by atoms with van der Waals surface area (Å²) in [5.74, 6) is -0.134. The summed E-state index contributed by atoms with van der Waals surface area (Å²) in [4.78, 5) is 32.0. The van der Waals surface area contributed by atoms with Gasteiger partial charge in [0.2, 0.25) is 0 Å². The number of anilines is 1. The Morgan fingerprint density at radius 2 is 2.00 bits per heavy atom. The van der Waals surface area contributed by atoms with Crippen molar-refractivity contribution in [1.29, 1.82) is 0 Å². The lowest BCUT2D eigenvalue weighted by atomic mass is 10.1. The van der Waals surface area contributed by atoms with Crippen LogP contribution in [0.2, 0.25) is 5.02 Å². The average Bonchev–Trinajstić information content (AvgIpc) is 3.05. The van der Waals surface area contributed by atoms with Crippen molar-refractivity contribution < 1.29 is 9.59 Å². The first-order chi connectivity index (χ1) is 13.0. The number of carbonyl (C=O) groups excluding carboxylic acids is 2. The van der Waals surface area contributed by atoms with Crippen LogP contribution in [0.3, 0.4) is 0 Å². The van der Waals surface area contributed by atoms with E-state index in [1.807, 2.05) is 31.4 Å². The molecule has 144 valence electrons. The van der Waals surface area contributed by atoms with Crippen molar-refractivity contribution in [3.8, 4) is 0 Å². The molecule has 0 fully saturated rings. The minimum Gasteiger partial charge on any atom is -0.338 e. The fourth-order valence-corrected chi connectivity index (χ4v) is 3.63. The number of aryl methyl sites for hydroxylation is 1. The van der Waals surface area contributed by atoms with Gasteiger partial charge in [-0.1, -0.05) is 17.7 Å². The molecule has 0 aliphatic carbocycles. The Bertz CT molecular complexity index is 871. The van der Waals surface area contributed by atoms with Gasteiger partial charge >= 0.3 is 0 Å². The van der Waals surface area contributed by atoms with Gasteiger partial charge in [0, 0.05) is 30.3 Å². The third kappa shape index (κ3) is 3.86. The molecule has 0 spiro atoms. The van der Waals surface area contributed by atoms with Crippen molar-refractivity contribution in [2.24, 2.45) is 0 Å². The van der Waals surface area contributed by atoms with Crippen LogP contribution in [0, 0.1) is 6.92 Å². The Morgan fingerprint density at radius 1 is 1.26 bits per heavy atom.